The fraction of sp³-hybridized carbons (Fsp3) is 0.889. The first-order chi connectivity index (χ1) is 5.85. The third-order valence-electron chi connectivity index (χ3n) is 1.54. The van der Waals surface area contributed by atoms with Crippen LogP contribution < -0.4 is 5.32 Å². The highest BCUT2D eigenvalue weighted by molar-refractivity contribution is 4.82. The van der Waals surface area contributed by atoms with Gasteiger partial charge in [0.25, 0.3) is 0 Å². The van der Waals surface area contributed by atoms with E-state index in [1.165, 1.54) is 0 Å². The van der Waals surface area contributed by atoms with E-state index >= 15 is 0 Å². The van der Waals surface area contributed by atoms with E-state index in [0.717, 1.165) is 25.9 Å². The van der Waals surface area contributed by atoms with Gasteiger partial charge in [0.05, 0.1) is 12.7 Å². The van der Waals surface area contributed by atoms with Crippen LogP contribution in [0.3, 0.4) is 0 Å². The molecule has 1 unspecified atom stereocenters. The van der Waals surface area contributed by atoms with E-state index in [0.29, 0.717) is 6.61 Å². The number of hydrogen-bond acceptors (Lipinski definition) is 3. The molecule has 1 N–H and O–H groups in total. The van der Waals surface area contributed by atoms with Gasteiger partial charge in [-0.25, -0.2) is 0 Å². The summed E-state index contributed by atoms with van der Waals surface area (Å²) in [5, 5.41) is 11.7. The van der Waals surface area contributed by atoms with Crippen LogP contribution in [-0.2, 0) is 4.74 Å². The van der Waals surface area contributed by atoms with Crippen LogP contribution in [0.25, 0.3) is 0 Å². The summed E-state index contributed by atoms with van der Waals surface area (Å²) in [6, 6.07) is 2.09. The van der Waals surface area contributed by atoms with E-state index in [4.69, 9.17) is 10.00 Å². The molecule has 0 fully saturated rings. The maximum absolute atomic E-state index is 8.53. The first kappa shape index (κ1) is 11.4. The zero-order valence-electron chi connectivity index (χ0n) is 7.97. The number of ether oxygens (including phenoxy) is 1. The molecule has 0 bridgehead atoms. The van der Waals surface area contributed by atoms with Gasteiger partial charge < -0.3 is 10.1 Å². The lowest BCUT2D eigenvalue weighted by atomic mass is 10.3. The molecule has 0 aliphatic heterocycles. The molecule has 3 nitrogen and oxygen atoms in total. The first-order valence-electron chi connectivity index (χ1n) is 4.57. The van der Waals surface area contributed by atoms with Gasteiger partial charge in [-0.05, 0) is 19.4 Å². The molecule has 0 radical (unpaired) electrons. The third-order valence-corrected chi connectivity index (χ3v) is 1.54. The van der Waals surface area contributed by atoms with Crippen LogP contribution in [0.15, 0.2) is 0 Å². The Bertz CT molecular complexity index is 131. The van der Waals surface area contributed by atoms with Gasteiger partial charge in [0, 0.05) is 6.54 Å². The summed E-state index contributed by atoms with van der Waals surface area (Å²) >= 11 is 0. The van der Waals surface area contributed by atoms with Gasteiger partial charge in [-0.2, -0.15) is 5.26 Å². The molecule has 0 aromatic carbocycles. The van der Waals surface area contributed by atoms with Gasteiger partial charge in [0.1, 0.15) is 6.10 Å². The van der Waals surface area contributed by atoms with Crippen molar-refractivity contribution in [1.29, 1.82) is 5.26 Å². The number of rotatable bonds is 7. The average molecular weight is 170 g/mol. The predicted octanol–water partition coefficient (Wildman–Crippen LogP) is 1.30. The molecule has 70 valence electrons. The Morgan fingerprint density at radius 3 is 2.67 bits per heavy atom. The van der Waals surface area contributed by atoms with Crippen LogP contribution in [0, 0.1) is 11.3 Å². The second kappa shape index (κ2) is 8.51. The van der Waals surface area contributed by atoms with Crippen molar-refractivity contribution in [3.63, 3.8) is 0 Å². The molecular weight excluding hydrogens is 152 g/mol. The minimum absolute atomic E-state index is 0.228. The number of nitrogens with zero attached hydrogens (tertiary/aromatic N) is 1. The van der Waals surface area contributed by atoms with Crippen molar-refractivity contribution in [2.75, 3.05) is 19.7 Å². The molecule has 0 aromatic rings. The van der Waals surface area contributed by atoms with Crippen molar-refractivity contribution in [3.05, 3.63) is 0 Å². The highest BCUT2D eigenvalue weighted by Gasteiger charge is 2.01. The van der Waals surface area contributed by atoms with E-state index < -0.39 is 0 Å². The van der Waals surface area contributed by atoms with E-state index in [1.54, 1.807) is 0 Å². The molecule has 0 rings (SSSR count). The maximum Gasteiger partial charge on any atom is 0.143 e. The topological polar surface area (TPSA) is 45.0 Å². The van der Waals surface area contributed by atoms with Crippen molar-refractivity contribution in [1.82, 2.24) is 5.32 Å². The molecule has 0 aromatic heterocycles. The first-order valence-corrected chi connectivity index (χ1v) is 4.57. The molecule has 0 aliphatic rings. The van der Waals surface area contributed by atoms with Crippen molar-refractivity contribution >= 4 is 0 Å². The predicted molar refractivity (Wildman–Crippen MR) is 48.8 cm³/mol. The van der Waals surface area contributed by atoms with Crippen molar-refractivity contribution < 1.29 is 4.74 Å². The summed E-state index contributed by atoms with van der Waals surface area (Å²) in [5.41, 5.74) is 0. The molecule has 1 atom stereocenters. The third kappa shape index (κ3) is 6.14. The van der Waals surface area contributed by atoms with Crippen LogP contribution in [0.1, 0.15) is 26.7 Å². The highest BCUT2D eigenvalue weighted by atomic mass is 16.5. The van der Waals surface area contributed by atoms with Crippen LogP contribution in [0.5, 0.6) is 0 Å². The lowest BCUT2D eigenvalue weighted by Crippen LogP contribution is -2.22. The van der Waals surface area contributed by atoms with Crippen LogP contribution in [0.2, 0.25) is 0 Å². The quantitative estimate of drug-likeness (QED) is 0.586. The molecule has 0 aliphatic carbocycles. The summed E-state index contributed by atoms with van der Waals surface area (Å²) in [4.78, 5) is 0. The van der Waals surface area contributed by atoms with Crippen LogP contribution in [0.4, 0.5) is 0 Å². The number of nitrogens with one attached hydrogen (secondary N) is 1. The Hall–Kier alpha value is -0.590. The van der Waals surface area contributed by atoms with Crippen LogP contribution in [-0.4, -0.2) is 25.8 Å². The standard InChI is InChI=1S/C9H18N2O/c1-3-5-11-6-7-12-9(4-2)8-10/h9,11H,3-7H2,1-2H3. The van der Waals surface area contributed by atoms with Gasteiger partial charge >= 0.3 is 0 Å². The van der Waals surface area contributed by atoms with Gasteiger partial charge in [-0.3, -0.25) is 0 Å². The highest BCUT2D eigenvalue weighted by Crippen LogP contribution is 1.93. The van der Waals surface area contributed by atoms with Crippen molar-refractivity contribution in [3.8, 4) is 6.07 Å². The minimum atomic E-state index is -0.228. The summed E-state index contributed by atoms with van der Waals surface area (Å²) < 4.78 is 5.26. The lowest BCUT2D eigenvalue weighted by molar-refractivity contribution is 0.0896. The SMILES string of the molecule is CCCNCCOC(C#N)CC. The van der Waals surface area contributed by atoms with Crippen molar-refractivity contribution in [2.24, 2.45) is 0 Å². The molecule has 3 heteroatoms. The molecular formula is C9H18N2O. The van der Waals surface area contributed by atoms with Gasteiger partial charge in [-0.15, -0.1) is 0 Å². The number of nitriles is 1. The van der Waals surface area contributed by atoms with E-state index in [2.05, 4.69) is 18.3 Å². The Kier molecular flexibility index (Phi) is 8.09. The Morgan fingerprint density at radius 1 is 1.42 bits per heavy atom. The normalized spacial score (nSPS) is 12.4. The molecule has 0 heterocycles. The summed E-state index contributed by atoms with van der Waals surface area (Å²) in [6.07, 6.45) is 1.67. The molecule has 0 saturated carbocycles. The molecule has 0 spiro atoms. The lowest BCUT2D eigenvalue weighted by Gasteiger charge is -2.08. The Morgan fingerprint density at radius 2 is 2.17 bits per heavy atom. The van der Waals surface area contributed by atoms with E-state index in [9.17, 15) is 0 Å². The van der Waals surface area contributed by atoms with Crippen LogP contribution >= 0.6 is 0 Å². The second-order valence-corrected chi connectivity index (χ2v) is 2.65. The monoisotopic (exact) mass is 170 g/mol. The summed E-state index contributed by atoms with van der Waals surface area (Å²) in [6.45, 7) is 6.57. The molecule has 12 heavy (non-hydrogen) atoms. The minimum Gasteiger partial charge on any atom is -0.362 e. The zero-order valence-corrected chi connectivity index (χ0v) is 7.97. The van der Waals surface area contributed by atoms with Gasteiger partial charge in [0.15, 0.2) is 0 Å². The average Bonchev–Trinajstić information content (AvgIpc) is 2.11. The van der Waals surface area contributed by atoms with Gasteiger partial charge in [0.2, 0.25) is 0 Å². The number of hydrogen-bond donors (Lipinski definition) is 1. The largest absolute Gasteiger partial charge is 0.362 e. The van der Waals surface area contributed by atoms with Gasteiger partial charge in [-0.1, -0.05) is 13.8 Å². The molecule has 0 saturated heterocycles. The maximum atomic E-state index is 8.53. The summed E-state index contributed by atoms with van der Waals surface area (Å²) in [7, 11) is 0. The van der Waals surface area contributed by atoms with E-state index in [-0.39, 0.29) is 6.10 Å². The summed E-state index contributed by atoms with van der Waals surface area (Å²) in [5.74, 6) is 0. The fourth-order valence-electron chi connectivity index (χ4n) is 0.822. The second-order valence-electron chi connectivity index (χ2n) is 2.65. The van der Waals surface area contributed by atoms with Crippen molar-refractivity contribution in [2.45, 2.75) is 32.8 Å². The Labute approximate surface area is 74.7 Å². The molecule has 0 amide bonds. The smallest absolute Gasteiger partial charge is 0.143 e. The van der Waals surface area contributed by atoms with E-state index in [1.807, 2.05) is 6.92 Å². The zero-order chi connectivity index (χ0) is 9.23. The fourth-order valence-corrected chi connectivity index (χ4v) is 0.822. The Balaban J connectivity index is 3.13.